The van der Waals surface area contributed by atoms with Crippen molar-refractivity contribution in [3.8, 4) is 0 Å². The van der Waals surface area contributed by atoms with Gasteiger partial charge >= 0.3 is 0 Å². The van der Waals surface area contributed by atoms with Crippen molar-refractivity contribution in [1.29, 1.82) is 0 Å². The highest BCUT2D eigenvalue weighted by molar-refractivity contribution is 7.98. The van der Waals surface area contributed by atoms with Crippen LogP contribution in [0.3, 0.4) is 0 Å². The molecule has 4 rings (SSSR count). The Balaban J connectivity index is 1.47. The van der Waals surface area contributed by atoms with Crippen LogP contribution in [-0.4, -0.2) is 15.3 Å². The molecule has 4 nitrogen and oxygen atoms in total. The largest absolute Gasteiger partial charge is 0.322 e. The van der Waals surface area contributed by atoms with Gasteiger partial charge < -0.3 is 9.72 Å². The second-order valence-corrected chi connectivity index (χ2v) is 8.23. The van der Waals surface area contributed by atoms with Gasteiger partial charge in [0.2, 0.25) is 0 Å². The Hall–Kier alpha value is -3.05. The molecule has 0 atom stereocenters. The number of aromatic nitrogens is 2. The Kier molecular flexibility index (Phi) is 5.67. The number of anilines is 1. The van der Waals surface area contributed by atoms with Crippen molar-refractivity contribution >= 4 is 29.0 Å². The number of hydrogen-bond donors (Lipinski definition) is 1. The maximum absolute atomic E-state index is 12.9. The van der Waals surface area contributed by atoms with Gasteiger partial charge in [-0.1, -0.05) is 44.2 Å². The number of rotatable bonds is 6. The average molecular weight is 402 g/mol. The molecule has 5 heteroatoms. The standard InChI is InChI=1S/C24H23N3OS/c1-17(2)18-10-12-19(13-11-18)26-24(28)21-7-3-4-8-22(21)29-16-20-15-27-14-6-5-9-23(27)25-20/h3-15,17H,16H2,1-2H3,(H,26,28). The zero-order valence-electron chi connectivity index (χ0n) is 16.5. The van der Waals surface area contributed by atoms with E-state index in [4.69, 9.17) is 0 Å². The molecule has 2 heterocycles. The number of hydrogen-bond acceptors (Lipinski definition) is 3. The van der Waals surface area contributed by atoms with Crippen LogP contribution in [0.4, 0.5) is 5.69 Å². The third kappa shape index (κ3) is 4.51. The van der Waals surface area contributed by atoms with Gasteiger partial charge in [0.15, 0.2) is 0 Å². The van der Waals surface area contributed by atoms with E-state index in [0.29, 0.717) is 17.2 Å². The van der Waals surface area contributed by atoms with Crippen molar-refractivity contribution in [3.05, 3.63) is 95.9 Å². The molecule has 0 aliphatic rings. The van der Waals surface area contributed by atoms with Gasteiger partial charge in [0, 0.05) is 28.7 Å². The number of nitrogens with zero attached hydrogens (tertiary/aromatic N) is 2. The van der Waals surface area contributed by atoms with Gasteiger partial charge in [-0.25, -0.2) is 4.98 Å². The molecule has 2 aromatic carbocycles. The lowest BCUT2D eigenvalue weighted by Gasteiger charge is -2.11. The normalized spacial score (nSPS) is 11.1. The molecule has 2 aromatic heterocycles. The van der Waals surface area contributed by atoms with Crippen molar-refractivity contribution in [2.75, 3.05) is 5.32 Å². The van der Waals surface area contributed by atoms with E-state index in [1.165, 1.54) is 5.56 Å². The predicted molar refractivity (Wildman–Crippen MR) is 120 cm³/mol. The molecular formula is C24H23N3OS. The van der Waals surface area contributed by atoms with E-state index in [1.807, 2.05) is 71.4 Å². The van der Waals surface area contributed by atoms with Crippen LogP contribution in [0.1, 0.15) is 41.4 Å². The molecule has 0 saturated carbocycles. The second kappa shape index (κ2) is 8.53. The Labute approximate surface area is 175 Å². The smallest absolute Gasteiger partial charge is 0.256 e. The van der Waals surface area contributed by atoms with Gasteiger partial charge in [-0.3, -0.25) is 4.79 Å². The number of nitrogens with one attached hydrogen (secondary N) is 1. The zero-order chi connectivity index (χ0) is 20.2. The maximum Gasteiger partial charge on any atom is 0.256 e. The van der Waals surface area contributed by atoms with Gasteiger partial charge in [-0.05, 0) is 47.9 Å². The summed E-state index contributed by atoms with van der Waals surface area (Å²) in [4.78, 5) is 18.4. The monoisotopic (exact) mass is 401 g/mol. The highest BCUT2D eigenvalue weighted by Crippen LogP contribution is 2.27. The van der Waals surface area contributed by atoms with Crippen LogP contribution in [0.15, 0.2) is 84.0 Å². The molecule has 0 fully saturated rings. The maximum atomic E-state index is 12.9. The molecule has 146 valence electrons. The summed E-state index contributed by atoms with van der Waals surface area (Å²) in [5.74, 6) is 1.08. The molecule has 0 saturated heterocycles. The minimum Gasteiger partial charge on any atom is -0.322 e. The fourth-order valence-electron chi connectivity index (χ4n) is 3.14. The van der Waals surface area contributed by atoms with Gasteiger partial charge in [-0.15, -0.1) is 11.8 Å². The lowest BCUT2D eigenvalue weighted by Crippen LogP contribution is -2.13. The SMILES string of the molecule is CC(C)c1ccc(NC(=O)c2ccccc2SCc2cn3ccccc3n2)cc1. The average Bonchev–Trinajstić information content (AvgIpc) is 3.16. The molecular weight excluding hydrogens is 378 g/mol. The lowest BCUT2D eigenvalue weighted by molar-refractivity contribution is 0.102. The third-order valence-corrected chi connectivity index (χ3v) is 5.86. The molecule has 0 aliphatic heterocycles. The van der Waals surface area contributed by atoms with E-state index in [0.717, 1.165) is 21.9 Å². The summed E-state index contributed by atoms with van der Waals surface area (Å²) in [6, 6.07) is 21.7. The predicted octanol–water partition coefficient (Wildman–Crippen LogP) is 6.00. The lowest BCUT2D eigenvalue weighted by atomic mass is 10.0. The van der Waals surface area contributed by atoms with E-state index >= 15 is 0 Å². The molecule has 0 aliphatic carbocycles. The van der Waals surface area contributed by atoms with Crippen LogP contribution in [-0.2, 0) is 5.75 Å². The van der Waals surface area contributed by atoms with Crippen LogP contribution in [0.5, 0.6) is 0 Å². The van der Waals surface area contributed by atoms with Crippen LogP contribution >= 0.6 is 11.8 Å². The third-order valence-electron chi connectivity index (χ3n) is 4.76. The van der Waals surface area contributed by atoms with Gasteiger partial charge in [-0.2, -0.15) is 0 Å². The first-order valence-corrected chi connectivity index (χ1v) is 10.6. The number of amides is 1. The summed E-state index contributed by atoms with van der Waals surface area (Å²) in [5, 5.41) is 3.01. The van der Waals surface area contributed by atoms with E-state index < -0.39 is 0 Å². The van der Waals surface area contributed by atoms with E-state index in [-0.39, 0.29) is 5.91 Å². The van der Waals surface area contributed by atoms with E-state index in [9.17, 15) is 4.79 Å². The Morgan fingerprint density at radius 3 is 2.55 bits per heavy atom. The van der Waals surface area contributed by atoms with Crippen LogP contribution in [0.2, 0.25) is 0 Å². The number of carbonyl (C=O) groups is 1. The second-order valence-electron chi connectivity index (χ2n) is 7.21. The van der Waals surface area contributed by atoms with Crippen molar-refractivity contribution in [2.24, 2.45) is 0 Å². The first-order valence-electron chi connectivity index (χ1n) is 9.66. The molecule has 0 unspecified atom stereocenters. The molecule has 4 aromatic rings. The first-order chi connectivity index (χ1) is 14.1. The summed E-state index contributed by atoms with van der Waals surface area (Å²) in [6.45, 7) is 4.31. The van der Waals surface area contributed by atoms with Crippen molar-refractivity contribution < 1.29 is 4.79 Å². The topological polar surface area (TPSA) is 46.4 Å². The summed E-state index contributed by atoms with van der Waals surface area (Å²) in [6.07, 6.45) is 4.02. The molecule has 1 N–H and O–H groups in total. The number of fused-ring (bicyclic) bond motifs is 1. The summed E-state index contributed by atoms with van der Waals surface area (Å²) >= 11 is 1.62. The zero-order valence-corrected chi connectivity index (χ0v) is 17.3. The molecule has 0 bridgehead atoms. The minimum absolute atomic E-state index is 0.0969. The van der Waals surface area contributed by atoms with Crippen molar-refractivity contribution in [1.82, 2.24) is 9.38 Å². The van der Waals surface area contributed by atoms with Gasteiger partial charge in [0.25, 0.3) is 5.91 Å². The Morgan fingerprint density at radius 1 is 1.03 bits per heavy atom. The van der Waals surface area contributed by atoms with Crippen LogP contribution in [0, 0.1) is 0 Å². The number of thioether (sulfide) groups is 1. The molecule has 0 radical (unpaired) electrons. The Bertz CT molecular complexity index is 1100. The van der Waals surface area contributed by atoms with Crippen molar-refractivity contribution in [3.63, 3.8) is 0 Å². The molecule has 0 spiro atoms. The minimum atomic E-state index is -0.0969. The first kappa shape index (κ1) is 19.3. The molecule has 29 heavy (non-hydrogen) atoms. The van der Waals surface area contributed by atoms with Gasteiger partial charge in [0.05, 0.1) is 11.3 Å². The number of imidazole rings is 1. The fourth-order valence-corrected chi connectivity index (χ4v) is 4.07. The summed E-state index contributed by atoms with van der Waals surface area (Å²) in [7, 11) is 0. The Morgan fingerprint density at radius 2 is 1.79 bits per heavy atom. The quantitative estimate of drug-likeness (QED) is 0.403. The highest BCUT2D eigenvalue weighted by Gasteiger charge is 2.13. The van der Waals surface area contributed by atoms with Crippen LogP contribution < -0.4 is 5.32 Å². The van der Waals surface area contributed by atoms with E-state index in [2.05, 4.69) is 36.3 Å². The van der Waals surface area contributed by atoms with Crippen molar-refractivity contribution in [2.45, 2.75) is 30.4 Å². The number of carbonyl (C=O) groups excluding carboxylic acids is 1. The number of pyridine rings is 1. The molecule has 1 amide bonds. The summed E-state index contributed by atoms with van der Waals surface area (Å²) in [5.41, 5.74) is 4.65. The number of benzene rings is 2. The fraction of sp³-hybridized carbons (Fsp3) is 0.167. The van der Waals surface area contributed by atoms with E-state index in [1.54, 1.807) is 11.8 Å². The summed E-state index contributed by atoms with van der Waals surface area (Å²) < 4.78 is 2.01. The van der Waals surface area contributed by atoms with Gasteiger partial charge in [0.1, 0.15) is 5.65 Å². The highest BCUT2D eigenvalue weighted by atomic mass is 32.2. The van der Waals surface area contributed by atoms with Crippen LogP contribution in [0.25, 0.3) is 5.65 Å².